The maximum absolute atomic E-state index is 2.46. The van der Waals surface area contributed by atoms with E-state index in [1.165, 1.54) is 19.3 Å². The number of hydrogen-bond acceptors (Lipinski definition) is 0. The molecule has 0 spiro atoms. The van der Waals surface area contributed by atoms with Gasteiger partial charge in [-0.15, -0.1) is 0 Å². The second-order valence-corrected chi connectivity index (χ2v) is 6.11. The van der Waals surface area contributed by atoms with Gasteiger partial charge in [-0.25, -0.2) is 0 Å². The molecule has 0 heteroatoms. The Kier molecular flexibility index (Phi) is 2.13. The third-order valence-corrected chi connectivity index (χ3v) is 4.30. The summed E-state index contributed by atoms with van der Waals surface area (Å²) in [5, 5.41) is 0. The molecule has 0 saturated carbocycles. The van der Waals surface area contributed by atoms with Crippen molar-refractivity contribution in [2.24, 2.45) is 16.7 Å². The molecule has 78 valence electrons. The van der Waals surface area contributed by atoms with Gasteiger partial charge in [0.2, 0.25) is 0 Å². The molecule has 2 rings (SSSR count). The van der Waals surface area contributed by atoms with E-state index in [2.05, 4.69) is 45.9 Å². The van der Waals surface area contributed by atoms with Gasteiger partial charge in [0.15, 0.2) is 0 Å². The Hall–Kier alpha value is -0.520. The average Bonchev–Trinajstić information content (AvgIpc) is 2.08. The monoisotopic (exact) mass is 190 g/mol. The summed E-state index contributed by atoms with van der Waals surface area (Å²) in [5.74, 6) is 0.838. The van der Waals surface area contributed by atoms with Crippen molar-refractivity contribution in [2.75, 3.05) is 0 Å². The lowest BCUT2D eigenvalue weighted by Crippen LogP contribution is -2.41. The molecule has 0 bridgehead atoms. The van der Waals surface area contributed by atoms with Gasteiger partial charge in [-0.1, -0.05) is 44.6 Å². The van der Waals surface area contributed by atoms with Crippen molar-refractivity contribution in [3.05, 3.63) is 23.8 Å². The van der Waals surface area contributed by atoms with E-state index in [-0.39, 0.29) is 0 Å². The molecule has 0 aromatic rings. The molecule has 14 heavy (non-hydrogen) atoms. The molecule has 2 aliphatic carbocycles. The van der Waals surface area contributed by atoms with Crippen LogP contribution in [0.2, 0.25) is 0 Å². The molecular formula is C14H22. The van der Waals surface area contributed by atoms with E-state index in [4.69, 9.17) is 0 Å². The van der Waals surface area contributed by atoms with Crippen LogP contribution in [-0.2, 0) is 0 Å². The lowest BCUT2D eigenvalue weighted by Gasteiger charge is -2.50. The molecule has 0 nitrogen and oxygen atoms in total. The van der Waals surface area contributed by atoms with E-state index in [9.17, 15) is 0 Å². The van der Waals surface area contributed by atoms with Gasteiger partial charge in [-0.3, -0.25) is 0 Å². The fourth-order valence-electron chi connectivity index (χ4n) is 3.30. The highest BCUT2D eigenvalue weighted by Crippen LogP contribution is 2.54. The molecule has 0 amide bonds. The van der Waals surface area contributed by atoms with Crippen LogP contribution in [0.5, 0.6) is 0 Å². The van der Waals surface area contributed by atoms with Gasteiger partial charge in [0.25, 0.3) is 0 Å². The zero-order valence-corrected chi connectivity index (χ0v) is 9.93. The first-order valence-corrected chi connectivity index (χ1v) is 5.77. The van der Waals surface area contributed by atoms with Gasteiger partial charge in [0.05, 0.1) is 0 Å². The highest BCUT2D eigenvalue weighted by molar-refractivity contribution is 5.20. The summed E-state index contributed by atoms with van der Waals surface area (Å²) in [6.07, 6.45) is 11.1. The van der Waals surface area contributed by atoms with Crippen LogP contribution < -0.4 is 0 Å². The Labute approximate surface area is 88.1 Å². The molecule has 2 atom stereocenters. The van der Waals surface area contributed by atoms with Crippen LogP contribution in [0.1, 0.15) is 47.0 Å². The van der Waals surface area contributed by atoms with Gasteiger partial charge in [0.1, 0.15) is 0 Å². The molecule has 0 N–H and O–H groups in total. The summed E-state index contributed by atoms with van der Waals surface area (Å²) >= 11 is 0. The molecular weight excluding hydrogens is 168 g/mol. The fraction of sp³-hybridized carbons (Fsp3) is 0.714. The normalized spacial score (nSPS) is 40.3. The summed E-state index contributed by atoms with van der Waals surface area (Å²) in [5.41, 5.74) is 2.51. The second kappa shape index (κ2) is 2.98. The molecule has 2 unspecified atom stereocenters. The van der Waals surface area contributed by atoms with Crippen molar-refractivity contribution in [3.63, 3.8) is 0 Å². The van der Waals surface area contributed by atoms with Crippen molar-refractivity contribution in [1.29, 1.82) is 0 Å². The van der Waals surface area contributed by atoms with Crippen molar-refractivity contribution >= 4 is 0 Å². The first-order valence-electron chi connectivity index (χ1n) is 5.77. The van der Waals surface area contributed by atoms with Gasteiger partial charge in [-0.2, -0.15) is 0 Å². The maximum atomic E-state index is 2.46. The highest BCUT2D eigenvalue weighted by atomic mass is 14.5. The van der Waals surface area contributed by atoms with E-state index in [1.54, 1.807) is 5.57 Å². The molecule has 0 heterocycles. The molecule has 0 aromatic heterocycles. The third-order valence-electron chi connectivity index (χ3n) is 4.30. The first kappa shape index (κ1) is 10.0. The van der Waals surface area contributed by atoms with E-state index in [0.29, 0.717) is 10.8 Å². The van der Waals surface area contributed by atoms with Crippen LogP contribution in [-0.4, -0.2) is 0 Å². The van der Waals surface area contributed by atoms with Crippen LogP contribution in [0.4, 0.5) is 0 Å². The van der Waals surface area contributed by atoms with Crippen molar-refractivity contribution in [3.8, 4) is 0 Å². The highest BCUT2D eigenvalue weighted by Gasteiger charge is 2.44. The Balaban J connectivity index is 2.38. The van der Waals surface area contributed by atoms with Crippen LogP contribution >= 0.6 is 0 Å². The summed E-state index contributed by atoms with van der Waals surface area (Å²) in [6.45, 7) is 9.57. The first-order chi connectivity index (χ1) is 6.44. The van der Waals surface area contributed by atoms with Crippen LogP contribution in [0.25, 0.3) is 0 Å². The van der Waals surface area contributed by atoms with Gasteiger partial charge in [-0.05, 0) is 42.9 Å². The Morgan fingerprint density at radius 2 is 1.93 bits per heavy atom. The predicted molar refractivity (Wildman–Crippen MR) is 62.1 cm³/mol. The zero-order valence-electron chi connectivity index (χ0n) is 9.93. The average molecular weight is 190 g/mol. The molecule has 2 aliphatic rings. The topological polar surface area (TPSA) is 0 Å². The molecule has 0 aromatic carbocycles. The summed E-state index contributed by atoms with van der Waals surface area (Å²) in [4.78, 5) is 0. The number of fused-ring (bicyclic) bond motifs is 1. The number of allylic oxidation sites excluding steroid dienone is 4. The smallest absolute Gasteiger partial charge is 0.00755 e. The number of hydrogen-bond donors (Lipinski definition) is 0. The Bertz CT molecular complexity index is 293. The van der Waals surface area contributed by atoms with Gasteiger partial charge in [0, 0.05) is 0 Å². The quantitative estimate of drug-likeness (QED) is 0.499. The van der Waals surface area contributed by atoms with Gasteiger partial charge < -0.3 is 0 Å². The lowest BCUT2D eigenvalue weighted by molar-refractivity contribution is 0.0775. The molecule has 0 radical (unpaired) electrons. The van der Waals surface area contributed by atoms with Crippen molar-refractivity contribution in [2.45, 2.75) is 47.0 Å². The van der Waals surface area contributed by atoms with Crippen LogP contribution in [0, 0.1) is 16.7 Å². The van der Waals surface area contributed by atoms with E-state index in [1.807, 2.05) is 0 Å². The molecule has 0 fully saturated rings. The number of rotatable bonds is 0. The minimum Gasteiger partial charge on any atom is -0.0874 e. The SMILES string of the molecule is CC1=CCC2(C)C=CCC(C)(C)C2C1. The minimum atomic E-state index is 0.432. The second-order valence-electron chi connectivity index (χ2n) is 6.11. The van der Waals surface area contributed by atoms with Gasteiger partial charge >= 0.3 is 0 Å². The minimum absolute atomic E-state index is 0.432. The van der Waals surface area contributed by atoms with E-state index < -0.39 is 0 Å². The Morgan fingerprint density at radius 3 is 2.64 bits per heavy atom. The lowest BCUT2D eigenvalue weighted by atomic mass is 9.55. The fourth-order valence-corrected chi connectivity index (χ4v) is 3.30. The third kappa shape index (κ3) is 1.45. The van der Waals surface area contributed by atoms with Crippen molar-refractivity contribution in [1.82, 2.24) is 0 Å². The molecule has 0 aliphatic heterocycles. The molecule has 0 saturated heterocycles. The van der Waals surface area contributed by atoms with E-state index >= 15 is 0 Å². The zero-order chi connectivity index (χ0) is 10.4. The Morgan fingerprint density at radius 1 is 1.21 bits per heavy atom. The standard InChI is InChI=1S/C14H22/c1-11-6-9-14(4)8-5-7-13(2,3)12(14)10-11/h5-6,8,12H,7,9-10H2,1-4H3. The summed E-state index contributed by atoms with van der Waals surface area (Å²) in [6, 6.07) is 0. The van der Waals surface area contributed by atoms with E-state index in [0.717, 1.165) is 5.92 Å². The summed E-state index contributed by atoms with van der Waals surface area (Å²) < 4.78 is 0. The van der Waals surface area contributed by atoms with Crippen molar-refractivity contribution < 1.29 is 0 Å². The van der Waals surface area contributed by atoms with Crippen LogP contribution in [0.3, 0.4) is 0 Å². The maximum Gasteiger partial charge on any atom is -0.00755 e. The largest absolute Gasteiger partial charge is 0.0874 e. The van der Waals surface area contributed by atoms with Crippen LogP contribution in [0.15, 0.2) is 23.8 Å². The predicted octanol–water partition coefficient (Wildman–Crippen LogP) is 4.34. The summed E-state index contributed by atoms with van der Waals surface area (Å²) in [7, 11) is 0.